The van der Waals surface area contributed by atoms with Crippen LogP contribution in [-0.2, 0) is 0 Å². The van der Waals surface area contributed by atoms with Gasteiger partial charge >= 0.3 is 0 Å². The van der Waals surface area contributed by atoms with Gasteiger partial charge in [-0.2, -0.15) is 0 Å². The van der Waals surface area contributed by atoms with Gasteiger partial charge in [-0.25, -0.2) is 13.8 Å². The molecule has 3 aromatic heterocycles. The molecule has 1 amide bonds. The van der Waals surface area contributed by atoms with Gasteiger partial charge in [0, 0.05) is 24.0 Å². The van der Waals surface area contributed by atoms with Gasteiger partial charge in [0.15, 0.2) is 10.9 Å². The monoisotopic (exact) mass is 426 g/mol. The molecule has 0 fully saturated rings. The molecular formula is C21H16F2N4O2S. The Hall–Kier alpha value is -3.30. The number of rotatable bonds is 5. The van der Waals surface area contributed by atoms with Crippen LogP contribution in [0.2, 0.25) is 0 Å². The minimum atomic E-state index is -0.779. The lowest BCUT2D eigenvalue weighted by atomic mass is 10.1. The summed E-state index contributed by atoms with van der Waals surface area (Å²) >= 11 is 1.23. The summed E-state index contributed by atoms with van der Waals surface area (Å²) in [6.45, 7) is 1.79. The van der Waals surface area contributed by atoms with Gasteiger partial charge in [0.05, 0.1) is 27.6 Å². The number of benzene rings is 1. The highest BCUT2D eigenvalue weighted by Crippen LogP contribution is 2.27. The van der Waals surface area contributed by atoms with Gasteiger partial charge in [0.1, 0.15) is 11.5 Å². The van der Waals surface area contributed by atoms with E-state index in [4.69, 9.17) is 0 Å². The summed E-state index contributed by atoms with van der Waals surface area (Å²) in [6.07, 6.45) is 2.39. The third-order valence-electron chi connectivity index (χ3n) is 4.47. The van der Waals surface area contributed by atoms with Crippen molar-refractivity contribution in [2.24, 2.45) is 0 Å². The molecule has 3 heterocycles. The quantitative estimate of drug-likeness (QED) is 0.482. The average Bonchev–Trinajstić information content (AvgIpc) is 3.14. The molecule has 0 aliphatic rings. The van der Waals surface area contributed by atoms with Crippen LogP contribution in [-0.4, -0.2) is 26.0 Å². The van der Waals surface area contributed by atoms with Crippen LogP contribution in [0.3, 0.4) is 0 Å². The number of anilines is 1. The van der Waals surface area contributed by atoms with Crippen LogP contribution < -0.4 is 5.32 Å². The second-order valence-electron chi connectivity index (χ2n) is 6.54. The SMILES string of the molecule is CC[C@@H](O)c1cnc(-c2ccc(C(=O)Nc3nc4cc(F)ccc4s3)cn2)c(F)c1. The smallest absolute Gasteiger partial charge is 0.259 e. The number of hydrogen-bond acceptors (Lipinski definition) is 6. The zero-order chi connectivity index (χ0) is 21.3. The number of halogens is 2. The van der Waals surface area contributed by atoms with Gasteiger partial charge in [0.2, 0.25) is 0 Å². The first-order valence-corrected chi connectivity index (χ1v) is 9.93. The van der Waals surface area contributed by atoms with E-state index in [9.17, 15) is 18.7 Å². The molecule has 1 aromatic carbocycles. The highest BCUT2D eigenvalue weighted by Gasteiger charge is 2.15. The van der Waals surface area contributed by atoms with Crippen molar-refractivity contribution < 1.29 is 18.7 Å². The first-order valence-electron chi connectivity index (χ1n) is 9.12. The number of aromatic nitrogens is 3. The minimum absolute atomic E-state index is 0.0298. The van der Waals surface area contributed by atoms with Gasteiger partial charge in [-0.05, 0) is 36.8 Å². The molecular weight excluding hydrogens is 410 g/mol. The van der Waals surface area contributed by atoms with E-state index < -0.39 is 23.6 Å². The maximum absolute atomic E-state index is 14.4. The molecule has 4 rings (SSSR count). The summed E-state index contributed by atoms with van der Waals surface area (Å²) in [4.78, 5) is 24.8. The number of fused-ring (bicyclic) bond motifs is 1. The number of pyridine rings is 2. The largest absolute Gasteiger partial charge is 0.388 e. The molecule has 152 valence electrons. The molecule has 0 spiro atoms. The number of nitrogens with one attached hydrogen (secondary N) is 1. The lowest BCUT2D eigenvalue weighted by Crippen LogP contribution is -2.12. The number of nitrogens with zero attached hydrogens (tertiary/aromatic N) is 3. The van der Waals surface area contributed by atoms with E-state index in [1.807, 2.05) is 0 Å². The Balaban J connectivity index is 1.52. The second kappa shape index (κ2) is 8.21. The number of carbonyl (C=O) groups excluding carboxylic acids is 1. The topological polar surface area (TPSA) is 88.0 Å². The van der Waals surface area contributed by atoms with E-state index in [2.05, 4.69) is 20.3 Å². The van der Waals surface area contributed by atoms with Crippen LogP contribution in [0.5, 0.6) is 0 Å². The van der Waals surface area contributed by atoms with Crippen molar-refractivity contribution in [3.8, 4) is 11.4 Å². The van der Waals surface area contributed by atoms with Crippen molar-refractivity contribution in [1.82, 2.24) is 15.0 Å². The van der Waals surface area contributed by atoms with E-state index in [0.29, 0.717) is 22.6 Å². The van der Waals surface area contributed by atoms with Crippen molar-refractivity contribution in [1.29, 1.82) is 0 Å². The van der Waals surface area contributed by atoms with Gasteiger partial charge in [-0.3, -0.25) is 20.1 Å². The van der Waals surface area contributed by atoms with E-state index in [1.54, 1.807) is 13.0 Å². The highest BCUT2D eigenvalue weighted by molar-refractivity contribution is 7.22. The maximum Gasteiger partial charge on any atom is 0.259 e. The number of amides is 1. The maximum atomic E-state index is 14.4. The zero-order valence-corrected chi connectivity index (χ0v) is 16.6. The molecule has 0 aliphatic heterocycles. The van der Waals surface area contributed by atoms with Crippen LogP contribution in [0.1, 0.15) is 35.4 Å². The predicted octanol–water partition coefficient (Wildman–Crippen LogP) is 4.73. The average molecular weight is 426 g/mol. The lowest BCUT2D eigenvalue weighted by Gasteiger charge is -2.09. The molecule has 30 heavy (non-hydrogen) atoms. The molecule has 0 aliphatic carbocycles. The number of aliphatic hydroxyl groups is 1. The fourth-order valence-corrected chi connectivity index (χ4v) is 3.69. The van der Waals surface area contributed by atoms with E-state index in [-0.39, 0.29) is 17.0 Å². The third kappa shape index (κ3) is 4.03. The standard InChI is InChI=1S/C21H16F2N4O2S/c1-2-17(28)12-7-14(23)19(25-10-12)15-5-3-11(9-24-15)20(29)27-21-26-16-8-13(22)4-6-18(16)30-21/h3-10,17,28H,2H2,1H3,(H,26,27,29)/t17-/m1/s1. The molecule has 0 radical (unpaired) electrons. The van der Waals surface area contributed by atoms with Crippen molar-refractivity contribution in [3.63, 3.8) is 0 Å². The van der Waals surface area contributed by atoms with Crippen LogP contribution in [0.15, 0.2) is 48.8 Å². The zero-order valence-electron chi connectivity index (χ0n) is 15.8. The first kappa shape index (κ1) is 20.0. The van der Waals surface area contributed by atoms with E-state index >= 15 is 0 Å². The fourth-order valence-electron chi connectivity index (χ4n) is 2.85. The number of aliphatic hydroxyl groups excluding tert-OH is 1. The highest BCUT2D eigenvalue weighted by atomic mass is 32.1. The van der Waals surface area contributed by atoms with E-state index in [1.165, 1.54) is 54.1 Å². The predicted molar refractivity (Wildman–Crippen MR) is 110 cm³/mol. The third-order valence-corrected chi connectivity index (χ3v) is 5.42. The Morgan fingerprint density at radius 3 is 2.70 bits per heavy atom. The van der Waals surface area contributed by atoms with Crippen molar-refractivity contribution in [2.75, 3.05) is 5.32 Å². The summed E-state index contributed by atoms with van der Waals surface area (Å²) in [7, 11) is 0. The van der Waals surface area contributed by atoms with Gasteiger partial charge in [-0.15, -0.1) is 0 Å². The molecule has 4 aromatic rings. The molecule has 0 bridgehead atoms. The van der Waals surface area contributed by atoms with Crippen molar-refractivity contribution >= 4 is 32.6 Å². The Morgan fingerprint density at radius 1 is 1.17 bits per heavy atom. The van der Waals surface area contributed by atoms with Crippen LogP contribution in [0.4, 0.5) is 13.9 Å². The number of thiazole rings is 1. The second-order valence-corrected chi connectivity index (χ2v) is 7.57. The summed E-state index contributed by atoms with van der Waals surface area (Å²) in [6, 6.07) is 8.45. The number of carbonyl (C=O) groups is 1. The van der Waals surface area contributed by atoms with Crippen LogP contribution in [0, 0.1) is 11.6 Å². The summed E-state index contributed by atoms with van der Waals surface area (Å²) in [5.41, 5.74) is 1.40. The Kier molecular flexibility index (Phi) is 5.47. The molecule has 2 N–H and O–H groups in total. The number of hydrogen-bond donors (Lipinski definition) is 2. The van der Waals surface area contributed by atoms with Gasteiger partial charge in [-0.1, -0.05) is 18.3 Å². The van der Waals surface area contributed by atoms with Gasteiger partial charge < -0.3 is 5.11 Å². The Morgan fingerprint density at radius 2 is 2.00 bits per heavy atom. The first-order chi connectivity index (χ1) is 14.4. The normalized spacial score (nSPS) is 12.1. The van der Waals surface area contributed by atoms with Crippen LogP contribution in [0.25, 0.3) is 21.6 Å². The van der Waals surface area contributed by atoms with Crippen molar-refractivity contribution in [3.05, 3.63) is 71.6 Å². The molecule has 0 saturated heterocycles. The molecule has 0 saturated carbocycles. The molecule has 1 atom stereocenters. The van der Waals surface area contributed by atoms with Crippen LogP contribution >= 0.6 is 11.3 Å². The van der Waals surface area contributed by atoms with Gasteiger partial charge in [0.25, 0.3) is 5.91 Å². The molecule has 6 nitrogen and oxygen atoms in total. The summed E-state index contributed by atoms with van der Waals surface area (Å²) in [5, 5.41) is 12.8. The summed E-state index contributed by atoms with van der Waals surface area (Å²) in [5.74, 6) is -1.45. The fraction of sp³-hybridized carbons (Fsp3) is 0.143. The summed E-state index contributed by atoms with van der Waals surface area (Å²) < 4.78 is 28.4. The molecule has 9 heteroatoms. The lowest BCUT2D eigenvalue weighted by molar-refractivity contribution is 0.102. The minimum Gasteiger partial charge on any atom is -0.388 e. The van der Waals surface area contributed by atoms with E-state index in [0.717, 1.165) is 4.70 Å². The Labute approximate surface area is 174 Å². The molecule has 0 unspecified atom stereocenters. The Bertz CT molecular complexity index is 1230. The van der Waals surface area contributed by atoms with Crippen molar-refractivity contribution in [2.45, 2.75) is 19.4 Å².